The number of benzene rings is 1. The normalized spacial score (nSPS) is 17.5. The summed E-state index contributed by atoms with van der Waals surface area (Å²) >= 11 is 3.41. The average Bonchev–Trinajstić information content (AvgIpc) is 2.18. The van der Waals surface area contributed by atoms with Crippen LogP contribution in [0.4, 0.5) is 0 Å². The molecule has 0 atom stereocenters. The van der Waals surface area contributed by atoms with Crippen LogP contribution in [-0.4, -0.2) is 36.3 Å². The molecule has 0 spiro atoms. The Bertz CT molecular complexity index is 350. The Morgan fingerprint density at radius 2 is 2.27 bits per heavy atom. The van der Waals surface area contributed by atoms with Crippen LogP contribution < -0.4 is 4.74 Å². The zero-order valence-electron chi connectivity index (χ0n) is 8.61. The summed E-state index contributed by atoms with van der Waals surface area (Å²) in [5.41, 5.74) is 1.16. The first-order chi connectivity index (χ1) is 7.19. The lowest BCUT2D eigenvalue weighted by molar-refractivity contribution is -0.00321. The van der Waals surface area contributed by atoms with Crippen LogP contribution in [0, 0.1) is 0 Å². The van der Waals surface area contributed by atoms with Crippen molar-refractivity contribution in [3.05, 3.63) is 28.2 Å². The summed E-state index contributed by atoms with van der Waals surface area (Å²) in [5, 5.41) is 9.19. The third kappa shape index (κ3) is 2.51. The molecule has 82 valence electrons. The fraction of sp³-hybridized carbons (Fsp3) is 0.455. The van der Waals surface area contributed by atoms with Gasteiger partial charge in [0.2, 0.25) is 0 Å². The van der Waals surface area contributed by atoms with Gasteiger partial charge in [-0.05, 0) is 12.1 Å². The summed E-state index contributed by atoms with van der Waals surface area (Å²) in [5.74, 6) is 0.894. The highest BCUT2D eigenvalue weighted by Crippen LogP contribution is 2.25. The van der Waals surface area contributed by atoms with Gasteiger partial charge >= 0.3 is 0 Å². The van der Waals surface area contributed by atoms with E-state index >= 15 is 0 Å². The van der Waals surface area contributed by atoms with Crippen LogP contribution in [0.1, 0.15) is 5.56 Å². The zero-order chi connectivity index (χ0) is 10.8. The number of rotatable bonds is 3. The molecule has 0 aromatic heterocycles. The van der Waals surface area contributed by atoms with Gasteiger partial charge in [0.25, 0.3) is 0 Å². The first-order valence-electron chi connectivity index (χ1n) is 4.92. The second-order valence-corrected chi connectivity index (χ2v) is 4.72. The Morgan fingerprint density at radius 1 is 1.53 bits per heavy atom. The number of likely N-dealkylation sites (tertiary alicyclic amines) is 1. The van der Waals surface area contributed by atoms with Crippen molar-refractivity contribution >= 4 is 15.9 Å². The Balaban J connectivity index is 2.07. The van der Waals surface area contributed by atoms with Crippen LogP contribution >= 0.6 is 15.9 Å². The van der Waals surface area contributed by atoms with Gasteiger partial charge in [-0.15, -0.1) is 0 Å². The van der Waals surface area contributed by atoms with E-state index in [-0.39, 0.29) is 6.10 Å². The molecule has 1 heterocycles. The van der Waals surface area contributed by atoms with Gasteiger partial charge in [0.05, 0.1) is 13.2 Å². The zero-order valence-corrected chi connectivity index (χ0v) is 10.2. The topological polar surface area (TPSA) is 32.7 Å². The van der Waals surface area contributed by atoms with Crippen LogP contribution in [0.3, 0.4) is 0 Å². The summed E-state index contributed by atoms with van der Waals surface area (Å²) in [6.45, 7) is 2.37. The van der Waals surface area contributed by atoms with E-state index in [9.17, 15) is 5.11 Å². The van der Waals surface area contributed by atoms with Crippen LogP contribution in [0.25, 0.3) is 0 Å². The molecule has 1 fully saturated rings. The van der Waals surface area contributed by atoms with Crippen molar-refractivity contribution in [2.75, 3.05) is 20.2 Å². The number of aliphatic hydroxyl groups is 1. The minimum absolute atomic E-state index is 0.147. The van der Waals surface area contributed by atoms with Gasteiger partial charge < -0.3 is 9.84 Å². The molecule has 1 saturated heterocycles. The van der Waals surface area contributed by atoms with Gasteiger partial charge in [0, 0.05) is 29.7 Å². The molecular weight excluding hydrogens is 258 g/mol. The monoisotopic (exact) mass is 271 g/mol. The van der Waals surface area contributed by atoms with Crippen molar-refractivity contribution < 1.29 is 9.84 Å². The first-order valence-corrected chi connectivity index (χ1v) is 5.71. The van der Waals surface area contributed by atoms with Crippen molar-refractivity contribution in [1.82, 2.24) is 4.90 Å². The van der Waals surface area contributed by atoms with E-state index < -0.39 is 0 Å². The molecule has 4 heteroatoms. The van der Waals surface area contributed by atoms with Gasteiger partial charge in [-0.2, -0.15) is 0 Å². The summed E-state index contributed by atoms with van der Waals surface area (Å²) in [6.07, 6.45) is -0.147. The Morgan fingerprint density at radius 3 is 2.87 bits per heavy atom. The van der Waals surface area contributed by atoms with E-state index in [4.69, 9.17) is 4.74 Å². The molecule has 0 saturated carbocycles. The van der Waals surface area contributed by atoms with Crippen LogP contribution in [-0.2, 0) is 6.54 Å². The number of aliphatic hydroxyl groups excluding tert-OH is 1. The molecule has 1 aliphatic rings. The number of ether oxygens (including phenoxy) is 1. The van der Waals surface area contributed by atoms with E-state index in [2.05, 4.69) is 20.8 Å². The smallest absolute Gasteiger partial charge is 0.124 e. The molecule has 1 N–H and O–H groups in total. The number of halogens is 1. The number of methoxy groups -OCH3 is 1. The predicted octanol–water partition coefficient (Wildman–Crippen LogP) is 1.63. The molecule has 0 unspecified atom stereocenters. The van der Waals surface area contributed by atoms with Crippen LogP contribution in [0.15, 0.2) is 22.7 Å². The maximum absolute atomic E-state index is 9.19. The van der Waals surface area contributed by atoms with E-state index in [1.54, 1.807) is 7.11 Å². The minimum Gasteiger partial charge on any atom is -0.496 e. The highest BCUT2D eigenvalue weighted by atomic mass is 79.9. The third-order valence-electron chi connectivity index (χ3n) is 2.58. The molecule has 15 heavy (non-hydrogen) atoms. The van der Waals surface area contributed by atoms with Crippen molar-refractivity contribution in [2.45, 2.75) is 12.6 Å². The molecule has 2 rings (SSSR count). The highest BCUT2D eigenvalue weighted by Gasteiger charge is 2.24. The maximum atomic E-state index is 9.19. The SMILES string of the molecule is COc1cc(Br)ccc1CN1CC(O)C1. The first kappa shape index (κ1) is 10.9. The maximum Gasteiger partial charge on any atom is 0.124 e. The lowest BCUT2D eigenvalue weighted by Gasteiger charge is -2.36. The fourth-order valence-electron chi connectivity index (χ4n) is 1.76. The molecule has 0 bridgehead atoms. The largest absolute Gasteiger partial charge is 0.496 e. The molecule has 1 aromatic rings. The highest BCUT2D eigenvalue weighted by molar-refractivity contribution is 9.10. The molecule has 1 aromatic carbocycles. The molecule has 1 aliphatic heterocycles. The van der Waals surface area contributed by atoms with E-state index in [0.717, 1.165) is 35.4 Å². The van der Waals surface area contributed by atoms with Gasteiger partial charge in [-0.3, -0.25) is 4.90 Å². The predicted molar refractivity (Wildman–Crippen MR) is 62.0 cm³/mol. The quantitative estimate of drug-likeness (QED) is 0.907. The summed E-state index contributed by atoms with van der Waals surface area (Å²) in [6, 6.07) is 6.02. The molecule has 0 radical (unpaired) electrons. The number of β-amino-alcohol motifs (C(OH)–C–C–N with tert-alkyl or cyclic N) is 1. The van der Waals surface area contributed by atoms with Gasteiger partial charge in [-0.25, -0.2) is 0 Å². The number of hydrogen-bond acceptors (Lipinski definition) is 3. The second kappa shape index (κ2) is 4.51. The minimum atomic E-state index is -0.147. The van der Waals surface area contributed by atoms with Crippen molar-refractivity contribution in [3.8, 4) is 5.75 Å². The van der Waals surface area contributed by atoms with Gasteiger partial charge in [0.15, 0.2) is 0 Å². The van der Waals surface area contributed by atoms with Crippen LogP contribution in [0.5, 0.6) is 5.75 Å². The summed E-state index contributed by atoms with van der Waals surface area (Å²) < 4.78 is 6.32. The standard InChI is InChI=1S/C11H14BrNO2/c1-15-11-4-9(12)3-2-8(11)5-13-6-10(14)7-13/h2-4,10,14H,5-7H2,1H3. The lowest BCUT2D eigenvalue weighted by Crippen LogP contribution is -2.49. The summed E-state index contributed by atoms with van der Waals surface area (Å²) in [7, 11) is 1.68. The van der Waals surface area contributed by atoms with E-state index in [1.807, 2.05) is 18.2 Å². The van der Waals surface area contributed by atoms with Crippen LogP contribution in [0.2, 0.25) is 0 Å². The average molecular weight is 272 g/mol. The molecule has 3 nitrogen and oxygen atoms in total. The Hall–Kier alpha value is -0.580. The summed E-state index contributed by atoms with van der Waals surface area (Å²) in [4.78, 5) is 2.19. The molecule has 0 aliphatic carbocycles. The molecular formula is C11H14BrNO2. The van der Waals surface area contributed by atoms with Crippen molar-refractivity contribution in [1.29, 1.82) is 0 Å². The van der Waals surface area contributed by atoms with Crippen molar-refractivity contribution in [3.63, 3.8) is 0 Å². The van der Waals surface area contributed by atoms with Gasteiger partial charge in [0.1, 0.15) is 5.75 Å². The lowest BCUT2D eigenvalue weighted by atomic mass is 10.1. The Kier molecular flexibility index (Phi) is 3.29. The fourth-order valence-corrected chi connectivity index (χ4v) is 2.10. The third-order valence-corrected chi connectivity index (χ3v) is 3.07. The second-order valence-electron chi connectivity index (χ2n) is 3.80. The number of nitrogens with zero attached hydrogens (tertiary/aromatic N) is 1. The molecule has 0 amide bonds. The number of hydrogen-bond donors (Lipinski definition) is 1. The Labute approximate surface area is 97.8 Å². The van der Waals surface area contributed by atoms with E-state index in [1.165, 1.54) is 0 Å². The van der Waals surface area contributed by atoms with E-state index in [0.29, 0.717) is 0 Å². The van der Waals surface area contributed by atoms with Crippen molar-refractivity contribution in [2.24, 2.45) is 0 Å². The van der Waals surface area contributed by atoms with Gasteiger partial charge in [-0.1, -0.05) is 22.0 Å².